The molecule has 1 aromatic rings. The average molecular weight is 413 g/mol. The first-order valence-electron chi connectivity index (χ1n) is 9.67. The number of sulfonamides is 1. The molecule has 1 heterocycles. The zero-order chi connectivity index (χ0) is 20.6. The number of nitrogens with zero attached hydrogens (tertiary/aromatic N) is 3. The Kier molecular flexibility index (Phi) is 8.53. The van der Waals surface area contributed by atoms with Gasteiger partial charge in [0.1, 0.15) is 12.3 Å². The molecule has 1 saturated heterocycles. The molecule has 0 spiro atoms. The average Bonchev–Trinajstić information content (AvgIpc) is 2.65. The van der Waals surface area contributed by atoms with Gasteiger partial charge in [-0.05, 0) is 51.2 Å². The van der Waals surface area contributed by atoms with Crippen molar-refractivity contribution >= 4 is 21.6 Å². The van der Waals surface area contributed by atoms with Crippen LogP contribution in [0.2, 0.25) is 0 Å². The van der Waals surface area contributed by atoms with E-state index in [2.05, 4.69) is 22.2 Å². The molecule has 2 rings (SSSR count). The SMILES string of the molecule is CCOc1ccc(N(CC(=O)NCCCN2CCN(C)CC2)S(C)(=O)=O)cc1. The summed E-state index contributed by atoms with van der Waals surface area (Å²) in [4.78, 5) is 17.0. The number of nitrogens with one attached hydrogen (secondary N) is 1. The molecule has 8 nitrogen and oxygen atoms in total. The Morgan fingerprint density at radius 1 is 1.18 bits per heavy atom. The van der Waals surface area contributed by atoms with Crippen LogP contribution in [0.15, 0.2) is 24.3 Å². The van der Waals surface area contributed by atoms with Gasteiger partial charge in [-0.3, -0.25) is 9.10 Å². The van der Waals surface area contributed by atoms with Crippen molar-refractivity contribution in [2.24, 2.45) is 0 Å². The lowest BCUT2D eigenvalue weighted by Crippen LogP contribution is -2.45. The molecule has 1 N–H and O–H groups in total. The van der Waals surface area contributed by atoms with Crippen molar-refractivity contribution in [1.29, 1.82) is 0 Å². The van der Waals surface area contributed by atoms with E-state index in [-0.39, 0.29) is 12.5 Å². The summed E-state index contributed by atoms with van der Waals surface area (Å²) in [6, 6.07) is 6.69. The number of anilines is 1. The standard InChI is InChI=1S/C19H32N4O4S/c1-4-27-18-8-6-17(7-9-18)23(28(3,25)26)16-19(24)20-10-5-11-22-14-12-21(2)13-15-22/h6-9H,4-5,10-16H2,1-3H3,(H,20,24). The second-order valence-corrected chi connectivity index (χ2v) is 8.95. The molecule has 9 heteroatoms. The molecular formula is C19H32N4O4S. The minimum Gasteiger partial charge on any atom is -0.494 e. The molecule has 158 valence electrons. The molecule has 1 amide bonds. The number of carbonyl (C=O) groups excluding carboxylic acids is 1. The minimum atomic E-state index is -3.57. The number of carbonyl (C=O) groups is 1. The summed E-state index contributed by atoms with van der Waals surface area (Å²) in [5.41, 5.74) is 0.443. The molecule has 1 aromatic carbocycles. The highest BCUT2D eigenvalue weighted by Gasteiger charge is 2.21. The molecule has 0 saturated carbocycles. The van der Waals surface area contributed by atoms with E-state index >= 15 is 0 Å². The summed E-state index contributed by atoms with van der Waals surface area (Å²) in [5.74, 6) is 0.353. The zero-order valence-electron chi connectivity index (χ0n) is 17.1. The lowest BCUT2D eigenvalue weighted by molar-refractivity contribution is -0.119. The molecule has 0 radical (unpaired) electrons. The first-order valence-corrected chi connectivity index (χ1v) is 11.5. The lowest BCUT2D eigenvalue weighted by Gasteiger charge is -2.32. The maximum atomic E-state index is 12.3. The van der Waals surface area contributed by atoms with Gasteiger partial charge in [-0.25, -0.2) is 8.42 Å². The third kappa shape index (κ3) is 7.29. The zero-order valence-corrected chi connectivity index (χ0v) is 17.9. The van der Waals surface area contributed by atoms with Crippen LogP contribution < -0.4 is 14.4 Å². The number of hydrogen-bond donors (Lipinski definition) is 1. The van der Waals surface area contributed by atoms with E-state index in [1.54, 1.807) is 24.3 Å². The molecule has 1 fully saturated rings. The van der Waals surface area contributed by atoms with E-state index in [9.17, 15) is 13.2 Å². The highest BCUT2D eigenvalue weighted by molar-refractivity contribution is 7.92. The minimum absolute atomic E-state index is 0.235. The summed E-state index contributed by atoms with van der Waals surface area (Å²) in [6.07, 6.45) is 1.95. The predicted octanol–water partition coefficient (Wildman–Crippen LogP) is 0.605. The van der Waals surface area contributed by atoms with Crippen molar-refractivity contribution in [2.45, 2.75) is 13.3 Å². The third-order valence-electron chi connectivity index (χ3n) is 4.69. The quantitative estimate of drug-likeness (QED) is 0.567. The van der Waals surface area contributed by atoms with Gasteiger partial charge in [-0.2, -0.15) is 0 Å². The maximum absolute atomic E-state index is 12.3. The Hall–Kier alpha value is -1.84. The van der Waals surface area contributed by atoms with Crippen molar-refractivity contribution in [3.8, 4) is 5.75 Å². The summed E-state index contributed by atoms with van der Waals surface area (Å²) in [6.45, 7) is 7.87. The Balaban J connectivity index is 1.82. The van der Waals surface area contributed by atoms with Crippen LogP contribution >= 0.6 is 0 Å². The number of likely N-dealkylation sites (N-methyl/N-ethyl adjacent to an activating group) is 1. The summed E-state index contributed by atoms with van der Waals surface area (Å²) in [5, 5.41) is 2.83. The van der Waals surface area contributed by atoms with Gasteiger partial charge in [0.25, 0.3) is 0 Å². The molecule has 0 unspecified atom stereocenters. The molecule has 28 heavy (non-hydrogen) atoms. The molecule has 1 aliphatic rings. The Morgan fingerprint density at radius 2 is 1.82 bits per heavy atom. The predicted molar refractivity (Wildman–Crippen MR) is 111 cm³/mol. The van der Waals surface area contributed by atoms with Crippen LogP contribution in [0.3, 0.4) is 0 Å². The van der Waals surface area contributed by atoms with Gasteiger partial charge in [0.15, 0.2) is 0 Å². The Morgan fingerprint density at radius 3 is 2.39 bits per heavy atom. The molecule has 0 atom stereocenters. The number of hydrogen-bond acceptors (Lipinski definition) is 6. The van der Waals surface area contributed by atoms with Gasteiger partial charge < -0.3 is 19.9 Å². The number of benzene rings is 1. The molecule has 0 aliphatic carbocycles. The molecular weight excluding hydrogens is 380 g/mol. The van der Waals surface area contributed by atoms with E-state index < -0.39 is 10.0 Å². The van der Waals surface area contributed by atoms with Crippen LogP contribution in [0.4, 0.5) is 5.69 Å². The normalized spacial score (nSPS) is 16.0. The first-order chi connectivity index (χ1) is 13.3. The largest absolute Gasteiger partial charge is 0.494 e. The first kappa shape index (κ1) is 22.4. The van der Waals surface area contributed by atoms with E-state index in [0.29, 0.717) is 24.6 Å². The lowest BCUT2D eigenvalue weighted by atomic mass is 10.3. The van der Waals surface area contributed by atoms with Gasteiger partial charge in [-0.1, -0.05) is 0 Å². The van der Waals surface area contributed by atoms with Crippen LogP contribution in [0, 0.1) is 0 Å². The number of piperazine rings is 1. The highest BCUT2D eigenvalue weighted by Crippen LogP contribution is 2.21. The summed E-state index contributed by atoms with van der Waals surface area (Å²) < 4.78 is 30.8. The van der Waals surface area contributed by atoms with Crippen molar-refractivity contribution in [2.75, 3.05) is 70.0 Å². The fraction of sp³-hybridized carbons (Fsp3) is 0.632. The smallest absolute Gasteiger partial charge is 0.240 e. The molecule has 1 aliphatic heterocycles. The maximum Gasteiger partial charge on any atom is 0.240 e. The van der Waals surface area contributed by atoms with Gasteiger partial charge in [0.2, 0.25) is 15.9 Å². The number of ether oxygens (including phenoxy) is 1. The number of amides is 1. The van der Waals surface area contributed by atoms with Crippen LogP contribution in [-0.4, -0.2) is 89.8 Å². The fourth-order valence-corrected chi connectivity index (χ4v) is 3.92. The third-order valence-corrected chi connectivity index (χ3v) is 5.83. The Labute approximate surface area is 168 Å². The van der Waals surface area contributed by atoms with Gasteiger partial charge in [0, 0.05) is 32.7 Å². The van der Waals surface area contributed by atoms with Crippen molar-refractivity contribution in [1.82, 2.24) is 15.1 Å². The van der Waals surface area contributed by atoms with Gasteiger partial charge in [0.05, 0.1) is 18.6 Å². The van der Waals surface area contributed by atoms with Crippen molar-refractivity contribution in [3.05, 3.63) is 24.3 Å². The van der Waals surface area contributed by atoms with E-state index in [0.717, 1.165) is 49.7 Å². The topological polar surface area (TPSA) is 82.2 Å². The van der Waals surface area contributed by atoms with Crippen LogP contribution in [0.1, 0.15) is 13.3 Å². The monoisotopic (exact) mass is 412 g/mol. The Bertz CT molecular complexity index is 716. The van der Waals surface area contributed by atoms with Crippen LogP contribution in [-0.2, 0) is 14.8 Å². The van der Waals surface area contributed by atoms with Crippen LogP contribution in [0.25, 0.3) is 0 Å². The van der Waals surface area contributed by atoms with E-state index in [1.165, 1.54) is 0 Å². The highest BCUT2D eigenvalue weighted by atomic mass is 32.2. The fourth-order valence-electron chi connectivity index (χ4n) is 3.06. The van der Waals surface area contributed by atoms with E-state index in [4.69, 9.17) is 4.74 Å². The van der Waals surface area contributed by atoms with Gasteiger partial charge in [-0.15, -0.1) is 0 Å². The van der Waals surface area contributed by atoms with Crippen molar-refractivity contribution in [3.63, 3.8) is 0 Å². The van der Waals surface area contributed by atoms with Crippen LogP contribution in [0.5, 0.6) is 5.75 Å². The van der Waals surface area contributed by atoms with Gasteiger partial charge >= 0.3 is 0 Å². The molecule has 0 bridgehead atoms. The molecule has 0 aromatic heterocycles. The number of rotatable bonds is 10. The van der Waals surface area contributed by atoms with E-state index in [1.807, 2.05) is 6.92 Å². The summed E-state index contributed by atoms with van der Waals surface area (Å²) in [7, 11) is -1.45. The summed E-state index contributed by atoms with van der Waals surface area (Å²) >= 11 is 0. The van der Waals surface area contributed by atoms with Crippen molar-refractivity contribution < 1.29 is 17.9 Å². The second kappa shape index (κ2) is 10.6. The second-order valence-electron chi connectivity index (χ2n) is 7.04.